The standard InChI is InChI=1S/C28H23N2O4.BrH/c1-31-22-6-5-19-20-11-18(10-16-4-3-8-29-13-16)25-24-17(12-23-28(25)34-15-33-23)7-9-30(26(20)24)14-21(19)27(22)32-2;/h3-6,8,11-14H,7,9-10,15H2,1-2H3;1H/q+1;/p-1. The lowest BCUT2D eigenvalue weighted by Crippen LogP contribution is -3.00. The highest BCUT2D eigenvalue weighted by atomic mass is 79.9. The van der Waals surface area contributed by atoms with E-state index in [0.717, 1.165) is 64.1 Å². The van der Waals surface area contributed by atoms with Crippen molar-refractivity contribution in [1.29, 1.82) is 0 Å². The van der Waals surface area contributed by atoms with E-state index in [1.165, 1.54) is 27.4 Å². The molecule has 4 heterocycles. The van der Waals surface area contributed by atoms with E-state index in [2.05, 4.69) is 40.0 Å². The first-order chi connectivity index (χ1) is 16.8. The van der Waals surface area contributed by atoms with Crippen LogP contribution in [0.1, 0.15) is 16.7 Å². The first kappa shape index (κ1) is 21.9. The van der Waals surface area contributed by atoms with Crippen molar-refractivity contribution < 1.29 is 40.5 Å². The Hall–Kier alpha value is -3.58. The van der Waals surface area contributed by atoms with Gasteiger partial charge in [-0.05, 0) is 53.4 Å². The van der Waals surface area contributed by atoms with Crippen LogP contribution in [0, 0.1) is 0 Å². The normalized spacial score (nSPS) is 13.4. The van der Waals surface area contributed by atoms with Crippen molar-refractivity contribution in [2.24, 2.45) is 0 Å². The molecule has 0 fully saturated rings. The zero-order valence-electron chi connectivity index (χ0n) is 19.4. The minimum atomic E-state index is 0. The maximum Gasteiger partial charge on any atom is 0.231 e. The van der Waals surface area contributed by atoms with Crippen molar-refractivity contribution in [2.75, 3.05) is 21.0 Å². The maximum atomic E-state index is 6.03. The third kappa shape index (κ3) is 3.14. The van der Waals surface area contributed by atoms with Gasteiger partial charge in [-0.3, -0.25) is 4.98 Å². The Kier molecular flexibility index (Phi) is 5.18. The van der Waals surface area contributed by atoms with Gasteiger partial charge in [0.25, 0.3) is 0 Å². The van der Waals surface area contributed by atoms with E-state index in [9.17, 15) is 0 Å². The fraction of sp³-hybridized carbons (Fsp3) is 0.214. The summed E-state index contributed by atoms with van der Waals surface area (Å²) in [5.41, 5.74) is 4.89. The molecule has 2 aliphatic rings. The molecule has 176 valence electrons. The third-order valence-electron chi connectivity index (χ3n) is 7.06. The number of benzene rings is 3. The van der Waals surface area contributed by atoms with Gasteiger partial charge < -0.3 is 35.9 Å². The zero-order valence-corrected chi connectivity index (χ0v) is 21.0. The highest BCUT2D eigenvalue weighted by Gasteiger charge is 2.31. The molecule has 2 aliphatic heterocycles. The van der Waals surface area contributed by atoms with Crippen LogP contribution in [0.5, 0.6) is 23.0 Å². The second-order valence-corrected chi connectivity index (χ2v) is 8.82. The number of hydrogen-bond acceptors (Lipinski definition) is 5. The predicted octanol–water partition coefficient (Wildman–Crippen LogP) is 1.73. The molecule has 3 aromatic carbocycles. The number of hydrogen-bond donors (Lipinski definition) is 0. The summed E-state index contributed by atoms with van der Waals surface area (Å²) < 4.78 is 25.6. The van der Waals surface area contributed by atoms with Gasteiger partial charge in [-0.2, -0.15) is 4.57 Å². The third-order valence-corrected chi connectivity index (χ3v) is 7.06. The summed E-state index contributed by atoms with van der Waals surface area (Å²) in [6, 6.07) is 12.7. The van der Waals surface area contributed by atoms with Gasteiger partial charge in [0.2, 0.25) is 12.3 Å². The predicted molar refractivity (Wildman–Crippen MR) is 129 cm³/mol. The molecule has 0 atom stereocenters. The van der Waals surface area contributed by atoms with Crippen molar-refractivity contribution in [3.05, 3.63) is 71.7 Å². The second-order valence-electron chi connectivity index (χ2n) is 8.82. The van der Waals surface area contributed by atoms with Gasteiger partial charge in [-0.25, -0.2) is 0 Å². The molecule has 2 aromatic heterocycles. The number of fused-ring (bicyclic) bond motifs is 4. The van der Waals surface area contributed by atoms with E-state index >= 15 is 0 Å². The van der Waals surface area contributed by atoms with Gasteiger partial charge in [0.15, 0.2) is 35.7 Å². The first-order valence-electron chi connectivity index (χ1n) is 11.4. The number of rotatable bonds is 4. The molecule has 0 radical (unpaired) electrons. The minimum absolute atomic E-state index is 0. The van der Waals surface area contributed by atoms with Crippen molar-refractivity contribution in [3.63, 3.8) is 0 Å². The highest BCUT2D eigenvalue weighted by Crippen LogP contribution is 2.48. The Morgan fingerprint density at radius 2 is 1.91 bits per heavy atom. The average Bonchev–Trinajstić information content (AvgIpc) is 3.35. The van der Waals surface area contributed by atoms with Crippen LogP contribution in [0.3, 0.4) is 0 Å². The van der Waals surface area contributed by atoms with Gasteiger partial charge in [0.05, 0.1) is 30.4 Å². The summed E-state index contributed by atoms with van der Waals surface area (Å²) >= 11 is 0. The zero-order chi connectivity index (χ0) is 22.8. The summed E-state index contributed by atoms with van der Waals surface area (Å²) in [5, 5.41) is 5.79. The van der Waals surface area contributed by atoms with Crippen molar-refractivity contribution in [3.8, 4) is 23.0 Å². The van der Waals surface area contributed by atoms with Gasteiger partial charge in [0, 0.05) is 29.6 Å². The first-order valence-corrected chi connectivity index (χ1v) is 11.4. The van der Waals surface area contributed by atoms with Crippen LogP contribution in [-0.4, -0.2) is 26.0 Å². The number of nitrogens with zero attached hydrogens (tertiary/aromatic N) is 2. The fourth-order valence-corrected chi connectivity index (χ4v) is 5.64. The molecule has 7 rings (SSSR count). The quantitative estimate of drug-likeness (QED) is 0.261. The van der Waals surface area contributed by atoms with Gasteiger partial charge in [-0.15, -0.1) is 0 Å². The molecule has 0 bridgehead atoms. The summed E-state index contributed by atoms with van der Waals surface area (Å²) in [4.78, 5) is 4.34. The number of methoxy groups -OCH3 is 2. The lowest BCUT2D eigenvalue weighted by atomic mass is 9.88. The molecule has 6 nitrogen and oxygen atoms in total. The minimum Gasteiger partial charge on any atom is -1.00 e. The van der Waals surface area contributed by atoms with Crippen LogP contribution >= 0.6 is 0 Å². The Labute approximate surface area is 212 Å². The molecule has 0 amide bonds. The molecule has 0 spiro atoms. The van der Waals surface area contributed by atoms with Crippen LogP contribution in [0.2, 0.25) is 0 Å². The molecule has 0 unspecified atom stereocenters. The molecule has 35 heavy (non-hydrogen) atoms. The topological polar surface area (TPSA) is 53.7 Å². The molecule has 0 N–H and O–H groups in total. The monoisotopic (exact) mass is 530 g/mol. The second kappa shape index (κ2) is 8.27. The number of ether oxygens (including phenoxy) is 4. The summed E-state index contributed by atoms with van der Waals surface area (Å²) in [7, 11) is 3.38. The van der Waals surface area contributed by atoms with Gasteiger partial charge in [-0.1, -0.05) is 6.07 Å². The maximum absolute atomic E-state index is 6.03. The lowest BCUT2D eigenvalue weighted by Gasteiger charge is -2.20. The van der Waals surface area contributed by atoms with E-state index in [1.54, 1.807) is 14.2 Å². The molecule has 5 aromatic rings. The molecular weight excluding hydrogens is 508 g/mol. The smallest absolute Gasteiger partial charge is 0.231 e. The lowest BCUT2D eigenvalue weighted by molar-refractivity contribution is -0.670. The molecule has 0 aliphatic carbocycles. The fourth-order valence-electron chi connectivity index (χ4n) is 5.64. The van der Waals surface area contributed by atoms with Gasteiger partial charge >= 0.3 is 0 Å². The van der Waals surface area contributed by atoms with Crippen molar-refractivity contribution >= 4 is 32.4 Å². The van der Waals surface area contributed by atoms with E-state index < -0.39 is 0 Å². The Morgan fingerprint density at radius 1 is 1.00 bits per heavy atom. The molecular formula is C28H23BrN2O4. The van der Waals surface area contributed by atoms with Gasteiger partial charge in [0.1, 0.15) is 0 Å². The van der Waals surface area contributed by atoms with Crippen LogP contribution in [0.15, 0.2) is 55.0 Å². The Bertz CT molecular complexity index is 1640. The number of aryl methyl sites for hydroxylation is 2. The Balaban J connectivity index is 0.00000229. The van der Waals surface area contributed by atoms with Crippen LogP contribution < -0.4 is 40.5 Å². The van der Waals surface area contributed by atoms with Crippen LogP contribution in [0.4, 0.5) is 0 Å². The average molecular weight is 531 g/mol. The van der Waals surface area contributed by atoms with E-state index in [1.807, 2.05) is 24.5 Å². The number of pyridine rings is 2. The molecule has 0 saturated heterocycles. The SMILES string of the molecule is COc1ccc2c(c[n+]3c4c2cc(Cc2cccnc2)c2c5c(cc(c24)CC3)OCO5)c1OC.[Br-]. The van der Waals surface area contributed by atoms with Crippen molar-refractivity contribution in [1.82, 2.24) is 4.98 Å². The van der Waals surface area contributed by atoms with E-state index in [0.29, 0.717) is 0 Å². The number of halogens is 1. The summed E-state index contributed by atoms with van der Waals surface area (Å²) in [5.74, 6) is 3.18. The summed E-state index contributed by atoms with van der Waals surface area (Å²) in [6.45, 7) is 1.14. The Morgan fingerprint density at radius 3 is 2.71 bits per heavy atom. The molecule has 7 heteroatoms. The van der Waals surface area contributed by atoms with Crippen molar-refractivity contribution in [2.45, 2.75) is 19.4 Å². The van der Waals surface area contributed by atoms with Crippen LogP contribution in [0.25, 0.3) is 32.4 Å². The highest BCUT2D eigenvalue weighted by molar-refractivity contribution is 6.18. The summed E-state index contributed by atoms with van der Waals surface area (Å²) in [6.07, 6.45) is 7.62. The van der Waals surface area contributed by atoms with E-state index in [-0.39, 0.29) is 23.8 Å². The largest absolute Gasteiger partial charge is 1.00 e. The molecule has 0 saturated carbocycles. The van der Waals surface area contributed by atoms with Crippen LogP contribution in [-0.2, 0) is 19.4 Å². The van der Waals surface area contributed by atoms with E-state index in [4.69, 9.17) is 18.9 Å². The number of aromatic nitrogens is 2.